The van der Waals surface area contributed by atoms with Gasteiger partial charge in [0.15, 0.2) is 0 Å². The molecule has 0 unspecified atom stereocenters. The van der Waals surface area contributed by atoms with Gasteiger partial charge in [-0.05, 0) is 0 Å². The van der Waals surface area contributed by atoms with Gasteiger partial charge in [0.1, 0.15) is 6.61 Å². The molecule has 0 aromatic carbocycles. The molecule has 0 saturated heterocycles. The highest BCUT2D eigenvalue weighted by atomic mass is 35.5. The second kappa shape index (κ2) is 6.62. The summed E-state index contributed by atoms with van der Waals surface area (Å²) in [4.78, 5) is 10.5. The lowest BCUT2D eigenvalue weighted by Crippen LogP contribution is -2.01. The van der Waals surface area contributed by atoms with Crippen molar-refractivity contribution >= 4 is 17.6 Å². The minimum absolute atomic E-state index is 0.181. The summed E-state index contributed by atoms with van der Waals surface area (Å²) >= 11 is 5.32. The molecule has 0 rings (SSSR count). The highest BCUT2D eigenvalue weighted by Gasteiger charge is 1.92. The average Bonchev–Trinajstić information content (AvgIpc) is 1.98. The fourth-order valence-corrected chi connectivity index (χ4v) is 0.500. The molecular weight excluding hydrogens is 152 g/mol. The summed E-state index contributed by atoms with van der Waals surface area (Å²) in [6, 6.07) is 0. The fourth-order valence-electron chi connectivity index (χ4n) is 0.374. The molecule has 0 atom stereocenters. The average molecular weight is 163 g/mol. The van der Waals surface area contributed by atoms with Crippen LogP contribution in [0.5, 0.6) is 0 Å². The van der Waals surface area contributed by atoms with Gasteiger partial charge in [-0.2, -0.15) is 0 Å². The normalized spacial score (nSPS) is 10.2. The number of rotatable bonds is 4. The highest BCUT2D eigenvalue weighted by molar-refractivity contribution is 6.18. The number of hydrogen-bond donors (Lipinski definition) is 0. The Balaban J connectivity index is 3.19. The minimum atomic E-state index is -0.181. The number of allylic oxidation sites excluding steroid dienone is 1. The van der Waals surface area contributed by atoms with Gasteiger partial charge in [0.2, 0.25) is 0 Å². The molecule has 10 heavy (non-hydrogen) atoms. The van der Waals surface area contributed by atoms with Gasteiger partial charge in [-0.25, -0.2) is 0 Å². The summed E-state index contributed by atoms with van der Waals surface area (Å²) in [5.74, 6) is 0.281. The number of carbonyl (C=O) groups is 1. The Morgan fingerprint density at radius 2 is 2.30 bits per heavy atom. The van der Waals surface area contributed by atoms with Crippen molar-refractivity contribution in [3.8, 4) is 0 Å². The second-order valence-electron chi connectivity index (χ2n) is 1.66. The minimum Gasteiger partial charge on any atom is -0.461 e. The van der Waals surface area contributed by atoms with E-state index in [-0.39, 0.29) is 5.97 Å². The van der Waals surface area contributed by atoms with Gasteiger partial charge in [-0.3, -0.25) is 4.79 Å². The van der Waals surface area contributed by atoms with Gasteiger partial charge in [0.05, 0.1) is 0 Å². The lowest BCUT2D eigenvalue weighted by molar-refractivity contribution is -0.141. The van der Waals surface area contributed by atoms with E-state index in [4.69, 9.17) is 16.3 Å². The van der Waals surface area contributed by atoms with E-state index in [2.05, 4.69) is 0 Å². The van der Waals surface area contributed by atoms with Crippen molar-refractivity contribution in [2.45, 2.75) is 13.3 Å². The van der Waals surface area contributed by atoms with Crippen LogP contribution < -0.4 is 0 Å². The van der Waals surface area contributed by atoms with Crippen LogP contribution in [0.2, 0.25) is 0 Å². The van der Waals surface area contributed by atoms with Crippen molar-refractivity contribution in [1.82, 2.24) is 0 Å². The quantitative estimate of drug-likeness (QED) is 0.358. The summed E-state index contributed by atoms with van der Waals surface area (Å²) in [6.45, 7) is 2.09. The predicted molar refractivity (Wildman–Crippen MR) is 41.1 cm³/mol. The van der Waals surface area contributed by atoms with Crippen molar-refractivity contribution in [3.63, 3.8) is 0 Å². The van der Waals surface area contributed by atoms with Crippen molar-refractivity contribution < 1.29 is 9.53 Å². The third-order valence-electron chi connectivity index (χ3n) is 0.885. The Bertz CT molecular complexity index is 121. The lowest BCUT2D eigenvalue weighted by atomic mass is 10.5. The molecule has 0 radical (unpaired) electrons. The van der Waals surface area contributed by atoms with E-state index in [9.17, 15) is 4.79 Å². The number of carbonyl (C=O) groups excluding carboxylic acids is 1. The molecule has 0 aliphatic rings. The maximum absolute atomic E-state index is 10.5. The number of hydrogen-bond acceptors (Lipinski definition) is 2. The van der Waals surface area contributed by atoms with E-state index in [0.29, 0.717) is 18.9 Å². The predicted octanol–water partition coefficient (Wildman–Crippen LogP) is 1.73. The van der Waals surface area contributed by atoms with Crippen LogP contribution in [-0.4, -0.2) is 18.5 Å². The molecule has 0 spiro atoms. The van der Waals surface area contributed by atoms with Crippen LogP contribution in [0.3, 0.4) is 0 Å². The molecule has 0 fully saturated rings. The molecule has 0 aromatic rings. The van der Waals surface area contributed by atoms with Crippen molar-refractivity contribution in [2.24, 2.45) is 0 Å². The fraction of sp³-hybridized carbons (Fsp3) is 0.571. The van der Waals surface area contributed by atoms with Crippen molar-refractivity contribution in [3.05, 3.63) is 12.2 Å². The van der Waals surface area contributed by atoms with E-state index in [1.807, 2.05) is 0 Å². The lowest BCUT2D eigenvalue weighted by Gasteiger charge is -1.95. The standard InChI is InChI=1S/C7H11ClO2/c1-2-7(9)10-6-4-3-5-8/h3-4H,2,5-6H2,1H3. The van der Waals surface area contributed by atoms with Gasteiger partial charge < -0.3 is 4.74 Å². The first-order valence-corrected chi connectivity index (χ1v) is 3.71. The van der Waals surface area contributed by atoms with Crippen LogP contribution in [0.15, 0.2) is 12.2 Å². The molecule has 0 aromatic heterocycles. The second-order valence-corrected chi connectivity index (χ2v) is 1.97. The zero-order valence-corrected chi connectivity index (χ0v) is 6.73. The molecule has 0 heterocycles. The topological polar surface area (TPSA) is 26.3 Å². The number of esters is 1. The molecule has 58 valence electrons. The summed E-state index contributed by atoms with van der Waals surface area (Å²) < 4.78 is 4.71. The molecule has 0 bridgehead atoms. The SMILES string of the molecule is CCC(=O)OCC=CCCl. The van der Waals surface area contributed by atoms with E-state index >= 15 is 0 Å². The van der Waals surface area contributed by atoms with Crippen molar-refractivity contribution in [1.29, 1.82) is 0 Å². The van der Waals surface area contributed by atoms with E-state index in [1.165, 1.54) is 0 Å². The first-order chi connectivity index (χ1) is 4.81. The van der Waals surface area contributed by atoms with Gasteiger partial charge in [0, 0.05) is 12.3 Å². The largest absolute Gasteiger partial charge is 0.461 e. The van der Waals surface area contributed by atoms with E-state index in [0.717, 1.165) is 0 Å². The Labute approximate surface area is 65.8 Å². The molecule has 3 heteroatoms. The molecule has 0 N–H and O–H groups in total. The van der Waals surface area contributed by atoms with Crippen LogP contribution in [0.4, 0.5) is 0 Å². The zero-order chi connectivity index (χ0) is 7.82. The monoisotopic (exact) mass is 162 g/mol. The van der Waals surface area contributed by atoms with E-state index in [1.54, 1.807) is 19.1 Å². The first-order valence-electron chi connectivity index (χ1n) is 3.17. The van der Waals surface area contributed by atoms with Crippen LogP contribution >= 0.6 is 11.6 Å². The molecule has 2 nitrogen and oxygen atoms in total. The summed E-state index contributed by atoms with van der Waals surface area (Å²) in [6.07, 6.45) is 3.89. The Morgan fingerprint density at radius 3 is 2.80 bits per heavy atom. The molecule has 0 aliphatic carbocycles. The van der Waals surface area contributed by atoms with Crippen LogP contribution in [-0.2, 0) is 9.53 Å². The maximum Gasteiger partial charge on any atom is 0.305 e. The summed E-state index contributed by atoms with van der Waals surface area (Å²) in [5.41, 5.74) is 0. The number of halogens is 1. The molecule has 0 amide bonds. The van der Waals surface area contributed by atoms with Crippen LogP contribution in [0.25, 0.3) is 0 Å². The maximum atomic E-state index is 10.5. The number of ether oxygens (including phenoxy) is 1. The van der Waals surface area contributed by atoms with Crippen LogP contribution in [0, 0.1) is 0 Å². The van der Waals surface area contributed by atoms with Gasteiger partial charge in [0.25, 0.3) is 0 Å². The Kier molecular flexibility index (Phi) is 6.29. The Hall–Kier alpha value is -0.500. The summed E-state index contributed by atoms with van der Waals surface area (Å²) in [7, 11) is 0. The van der Waals surface area contributed by atoms with E-state index < -0.39 is 0 Å². The smallest absolute Gasteiger partial charge is 0.305 e. The number of alkyl halides is 1. The zero-order valence-electron chi connectivity index (χ0n) is 5.97. The third-order valence-corrected chi connectivity index (χ3v) is 1.06. The van der Waals surface area contributed by atoms with Crippen molar-refractivity contribution in [2.75, 3.05) is 12.5 Å². The first kappa shape index (κ1) is 9.50. The third kappa shape index (κ3) is 5.63. The Morgan fingerprint density at radius 1 is 1.60 bits per heavy atom. The van der Waals surface area contributed by atoms with Crippen LogP contribution in [0.1, 0.15) is 13.3 Å². The summed E-state index contributed by atoms with van der Waals surface area (Å²) in [5, 5.41) is 0. The van der Waals surface area contributed by atoms with Gasteiger partial charge in [-0.1, -0.05) is 19.1 Å². The van der Waals surface area contributed by atoms with Gasteiger partial charge >= 0.3 is 5.97 Å². The highest BCUT2D eigenvalue weighted by Crippen LogP contribution is 1.85. The molecule has 0 saturated carbocycles. The molecular formula is C7H11ClO2. The van der Waals surface area contributed by atoms with Gasteiger partial charge in [-0.15, -0.1) is 11.6 Å². The molecule has 0 aliphatic heterocycles.